The van der Waals surface area contributed by atoms with E-state index in [1.54, 1.807) is 19.1 Å². The maximum atomic E-state index is 13.0. The highest BCUT2D eigenvalue weighted by Gasteiger charge is 2.22. The van der Waals surface area contributed by atoms with Crippen LogP contribution >= 0.6 is 0 Å². The zero-order valence-electron chi connectivity index (χ0n) is 18.0. The fourth-order valence-corrected chi connectivity index (χ4v) is 3.12. The molecule has 2 rings (SSSR count). The lowest BCUT2D eigenvalue weighted by Crippen LogP contribution is -2.37. The van der Waals surface area contributed by atoms with Gasteiger partial charge in [-0.2, -0.15) is 5.10 Å². The fourth-order valence-electron chi connectivity index (χ4n) is 3.12. The average Bonchev–Trinajstić information content (AvgIpc) is 2.88. The van der Waals surface area contributed by atoms with Crippen molar-refractivity contribution in [2.24, 2.45) is 5.92 Å². The molecule has 29 heavy (non-hydrogen) atoms. The van der Waals surface area contributed by atoms with E-state index in [9.17, 15) is 14.0 Å². The van der Waals surface area contributed by atoms with E-state index in [0.717, 1.165) is 29.1 Å². The third-order valence-electron chi connectivity index (χ3n) is 4.80. The largest absolute Gasteiger partial charge is 0.452 e. The molecule has 0 aliphatic heterocycles. The third-order valence-corrected chi connectivity index (χ3v) is 4.80. The van der Waals surface area contributed by atoms with E-state index in [-0.39, 0.29) is 18.3 Å². The molecule has 158 valence electrons. The van der Waals surface area contributed by atoms with E-state index in [1.165, 1.54) is 19.1 Å². The molecule has 1 N–H and O–H groups in total. The first-order valence-corrected chi connectivity index (χ1v) is 9.86. The monoisotopic (exact) mass is 403 g/mol. The summed E-state index contributed by atoms with van der Waals surface area (Å²) in [5.41, 5.74) is 3.34. The molecule has 0 radical (unpaired) electrons. The number of aromatic nitrogens is 2. The van der Waals surface area contributed by atoms with Crippen molar-refractivity contribution >= 4 is 11.9 Å². The van der Waals surface area contributed by atoms with E-state index >= 15 is 0 Å². The van der Waals surface area contributed by atoms with Crippen LogP contribution in [-0.4, -0.2) is 27.8 Å². The molecular formula is C22H30FN3O3. The Hall–Kier alpha value is -2.70. The summed E-state index contributed by atoms with van der Waals surface area (Å²) in [4.78, 5) is 24.7. The number of hydrogen-bond acceptors (Lipinski definition) is 4. The second-order valence-corrected chi connectivity index (χ2v) is 7.82. The van der Waals surface area contributed by atoms with Crippen molar-refractivity contribution in [3.63, 3.8) is 0 Å². The van der Waals surface area contributed by atoms with E-state index < -0.39 is 18.0 Å². The van der Waals surface area contributed by atoms with Crippen LogP contribution in [0.15, 0.2) is 24.3 Å². The Kier molecular flexibility index (Phi) is 7.53. The molecule has 0 saturated carbocycles. The Balaban J connectivity index is 1.94. The zero-order chi connectivity index (χ0) is 21.7. The standard InChI is InChI=1S/C22H30FN3O3/c1-13(2)12-26-16(5)20(15(4)25-26)11-21(27)29-17(6)22(28)24-14(3)18-7-9-19(23)10-8-18/h7-10,13-14,17H,11-12H2,1-6H3,(H,24,28). The van der Waals surface area contributed by atoms with Gasteiger partial charge in [-0.15, -0.1) is 0 Å². The molecule has 1 heterocycles. The molecular weight excluding hydrogens is 373 g/mol. The summed E-state index contributed by atoms with van der Waals surface area (Å²) in [7, 11) is 0. The van der Waals surface area contributed by atoms with E-state index in [4.69, 9.17) is 4.74 Å². The Morgan fingerprint density at radius 1 is 1.14 bits per heavy atom. The van der Waals surface area contributed by atoms with Crippen LogP contribution in [-0.2, 0) is 27.3 Å². The molecule has 1 aromatic heterocycles. The molecule has 0 aliphatic rings. The van der Waals surface area contributed by atoms with Crippen molar-refractivity contribution < 1.29 is 18.7 Å². The summed E-state index contributed by atoms with van der Waals surface area (Å²) in [6.07, 6.45) is -0.863. The van der Waals surface area contributed by atoms with Gasteiger partial charge in [-0.25, -0.2) is 4.39 Å². The first-order valence-electron chi connectivity index (χ1n) is 9.86. The molecule has 0 fully saturated rings. The minimum atomic E-state index is -0.934. The number of nitrogens with zero attached hydrogens (tertiary/aromatic N) is 2. The van der Waals surface area contributed by atoms with Gasteiger partial charge in [0.1, 0.15) is 5.82 Å². The van der Waals surface area contributed by atoms with Gasteiger partial charge in [0, 0.05) is 17.8 Å². The molecule has 2 unspecified atom stereocenters. The van der Waals surface area contributed by atoms with Crippen LogP contribution in [0.1, 0.15) is 56.3 Å². The van der Waals surface area contributed by atoms with Gasteiger partial charge in [-0.1, -0.05) is 26.0 Å². The molecule has 0 spiro atoms. The van der Waals surface area contributed by atoms with E-state index in [0.29, 0.717) is 5.92 Å². The Morgan fingerprint density at radius 2 is 1.76 bits per heavy atom. The van der Waals surface area contributed by atoms with Crippen molar-refractivity contribution in [1.29, 1.82) is 0 Å². The number of rotatable bonds is 8. The molecule has 2 aromatic rings. The Morgan fingerprint density at radius 3 is 2.34 bits per heavy atom. The van der Waals surface area contributed by atoms with E-state index in [2.05, 4.69) is 24.3 Å². The van der Waals surface area contributed by atoms with Crippen LogP contribution in [0.3, 0.4) is 0 Å². The smallest absolute Gasteiger partial charge is 0.311 e. The molecule has 0 bridgehead atoms. The van der Waals surface area contributed by atoms with Crippen LogP contribution in [0.4, 0.5) is 4.39 Å². The lowest BCUT2D eigenvalue weighted by Gasteiger charge is -2.18. The number of esters is 1. The number of amides is 1. The van der Waals surface area contributed by atoms with Crippen molar-refractivity contribution in [1.82, 2.24) is 15.1 Å². The topological polar surface area (TPSA) is 73.2 Å². The minimum Gasteiger partial charge on any atom is -0.452 e. The van der Waals surface area contributed by atoms with Gasteiger partial charge in [0.05, 0.1) is 18.2 Å². The van der Waals surface area contributed by atoms with Gasteiger partial charge in [0.2, 0.25) is 0 Å². The molecule has 0 saturated heterocycles. The minimum absolute atomic E-state index is 0.0703. The molecule has 1 amide bonds. The lowest BCUT2D eigenvalue weighted by atomic mass is 10.1. The molecule has 0 aliphatic carbocycles. The fraction of sp³-hybridized carbons (Fsp3) is 0.500. The van der Waals surface area contributed by atoms with Crippen LogP contribution in [0.25, 0.3) is 0 Å². The maximum Gasteiger partial charge on any atom is 0.311 e. The molecule has 6 nitrogen and oxygen atoms in total. The first-order chi connectivity index (χ1) is 13.6. The van der Waals surface area contributed by atoms with Crippen molar-refractivity contribution in [3.05, 3.63) is 52.6 Å². The SMILES string of the molecule is Cc1nn(CC(C)C)c(C)c1CC(=O)OC(C)C(=O)NC(C)c1ccc(F)cc1. The number of benzene rings is 1. The van der Waals surface area contributed by atoms with Crippen molar-refractivity contribution in [3.8, 4) is 0 Å². The summed E-state index contributed by atoms with van der Waals surface area (Å²) >= 11 is 0. The predicted molar refractivity (Wildman–Crippen MR) is 109 cm³/mol. The number of ether oxygens (including phenoxy) is 1. The second kappa shape index (κ2) is 9.67. The predicted octanol–water partition coefficient (Wildman–Crippen LogP) is 3.65. The summed E-state index contributed by atoms with van der Waals surface area (Å²) in [6, 6.07) is 5.56. The van der Waals surface area contributed by atoms with Crippen LogP contribution in [0.5, 0.6) is 0 Å². The number of carbonyl (C=O) groups excluding carboxylic acids is 2. The third kappa shape index (κ3) is 6.14. The summed E-state index contributed by atoms with van der Waals surface area (Å²) < 4.78 is 20.3. The number of carbonyl (C=O) groups is 2. The molecule has 7 heteroatoms. The summed E-state index contributed by atoms with van der Waals surface area (Å²) in [5.74, 6) is -0.770. The van der Waals surface area contributed by atoms with Gasteiger partial charge in [0.15, 0.2) is 6.10 Å². The lowest BCUT2D eigenvalue weighted by molar-refractivity contribution is -0.154. The maximum absolute atomic E-state index is 13.0. The van der Waals surface area contributed by atoms with Crippen LogP contribution < -0.4 is 5.32 Å². The van der Waals surface area contributed by atoms with Crippen molar-refractivity contribution in [2.75, 3.05) is 0 Å². The van der Waals surface area contributed by atoms with Gasteiger partial charge >= 0.3 is 5.97 Å². The zero-order valence-corrected chi connectivity index (χ0v) is 18.0. The van der Waals surface area contributed by atoms with Gasteiger partial charge in [-0.05, 0) is 51.3 Å². The molecule has 2 atom stereocenters. The first kappa shape index (κ1) is 22.6. The second-order valence-electron chi connectivity index (χ2n) is 7.82. The summed E-state index contributed by atoms with van der Waals surface area (Å²) in [6.45, 7) is 12.1. The van der Waals surface area contributed by atoms with E-state index in [1.807, 2.05) is 18.5 Å². The number of hydrogen-bond donors (Lipinski definition) is 1. The normalized spacial score (nSPS) is 13.2. The van der Waals surface area contributed by atoms with Crippen LogP contribution in [0.2, 0.25) is 0 Å². The van der Waals surface area contributed by atoms with Gasteiger partial charge in [-0.3, -0.25) is 14.3 Å². The molecule has 1 aromatic carbocycles. The number of aryl methyl sites for hydroxylation is 1. The summed E-state index contributed by atoms with van der Waals surface area (Å²) in [5, 5.41) is 7.28. The Labute approximate surface area is 171 Å². The Bertz CT molecular complexity index is 859. The van der Waals surface area contributed by atoms with Crippen LogP contribution in [0, 0.1) is 25.6 Å². The van der Waals surface area contributed by atoms with Crippen molar-refractivity contribution in [2.45, 2.75) is 66.7 Å². The highest BCUT2D eigenvalue weighted by atomic mass is 19.1. The number of halogens is 1. The van der Waals surface area contributed by atoms with Gasteiger partial charge in [0.25, 0.3) is 5.91 Å². The quantitative estimate of drug-likeness (QED) is 0.683. The highest BCUT2D eigenvalue weighted by molar-refractivity contribution is 5.84. The van der Waals surface area contributed by atoms with Gasteiger partial charge < -0.3 is 10.1 Å². The highest BCUT2D eigenvalue weighted by Crippen LogP contribution is 2.17. The number of nitrogens with one attached hydrogen (secondary N) is 1. The average molecular weight is 403 g/mol.